The zero-order chi connectivity index (χ0) is 18.3. The van der Waals surface area contributed by atoms with Gasteiger partial charge in [-0.25, -0.2) is 22.9 Å². The van der Waals surface area contributed by atoms with E-state index >= 15 is 0 Å². The molecule has 0 spiro atoms. The van der Waals surface area contributed by atoms with Crippen LogP contribution in [0.2, 0.25) is 0 Å². The minimum atomic E-state index is -2.65. The maximum absolute atomic E-state index is 13.4. The van der Waals surface area contributed by atoms with Crippen molar-refractivity contribution in [2.45, 2.75) is 5.92 Å². The first-order valence-electron chi connectivity index (χ1n) is 7.83. The number of benzene rings is 1. The number of fused-ring (bicyclic) bond motifs is 1. The van der Waals surface area contributed by atoms with Gasteiger partial charge in [0.1, 0.15) is 11.6 Å². The number of halogens is 3. The molecular formula is C17H14F3N5O. The number of carbonyl (C=O) groups excluding carboxylic acids is 1. The fourth-order valence-electron chi connectivity index (χ4n) is 2.79. The average Bonchev–Trinajstić information content (AvgIpc) is 2.94. The van der Waals surface area contributed by atoms with Crippen LogP contribution in [0.3, 0.4) is 0 Å². The fraction of sp³-hybridized carbons (Fsp3) is 0.176. The number of anilines is 3. The third-order valence-electron chi connectivity index (χ3n) is 4.09. The second-order valence-electron chi connectivity index (χ2n) is 6.09. The molecule has 1 aliphatic heterocycles. The minimum Gasteiger partial charge on any atom is -0.358 e. The summed E-state index contributed by atoms with van der Waals surface area (Å²) in [4.78, 5) is 20.4. The summed E-state index contributed by atoms with van der Waals surface area (Å²) in [5.74, 6) is -2.73. The largest absolute Gasteiger partial charge is 0.358 e. The molecule has 26 heavy (non-hydrogen) atoms. The second kappa shape index (κ2) is 5.94. The summed E-state index contributed by atoms with van der Waals surface area (Å²) in [5, 5.41) is 5.61. The van der Waals surface area contributed by atoms with Crippen molar-refractivity contribution < 1.29 is 18.0 Å². The molecular weight excluding hydrogens is 347 g/mol. The molecule has 6 nitrogen and oxygen atoms in total. The number of amides is 2. The van der Waals surface area contributed by atoms with E-state index in [4.69, 9.17) is 0 Å². The summed E-state index contributed by atoms with van der Waals surface area (Å²) < 4.78 is 39.2. The Hall–Kier alpha value is -3.23. The van der Waals surface area contributed by atoms with E-state index in [9.17, 15) is 18.0 Å². The Balaban J connectivity index is 1.38. The van der Waals surface area contributed by atoms with E-state index < -0.39 is 12.0 Å². The van der Waals surface area contributed by atoms with Crippen LogP contribution >= 0.6 is 0 Å². The van der Waals surface area contributed by atoms with E-state index in [-0.39, 0.29) is 24.7 Å². The molecule has 9 heteroatoms. The Morgan fingerprint density at radius 2 is 2.00 bits per heavy atom. The topological polar surface area (TPSA) is 73.1 Å². The van der Waals surface area contributed by atoms with Crippen LogP contribution in [-0.4, -0.2) is 35.0 Å². The molecule has 0 saturated carbocycles. The molecule has 1 aliphatic rings. The highest BCUT2D eigenvalue weighted by Gasteiger charge is 2.43. The zero-order valence-corrected chi connectivity index (χ0v) is 13.4. The SMILES string of the molecule is O=C(Nc1ccc2c(F)c[nH]c2c1)Nc1ccc(N2CC(F)(F)C2)cn1. The Morgan fingerprint density at radius 3 is 2.69 bits per heavy atom. The number of pyridine rings is 1. The summed E-state index contributed by atoms with van der Waals surface area (Å²) in [6.07, 6.45) is 2.67. The van der Waals surface area contributed by atoms with Crippen LogP contribution in [0.15, 0.2) is 42.7 Å². The molecule has 0 unspecified atom stereocenters. The van der Waals surface area contributed by atoms with Crippen LogP contribution in [0.5, 0.6) is 0 Å². The Labute approximate surface area is 146 Å². The van der Waals surface area contributed by atoms with Crippen molar-refractivity contribution in [2.75, 3.05) is 28.6 Å². The summed E-state index contributed by atoms with van der Waals surface area (Å²) in [7, 11) is 0. The van der Waals surface area contributed by atoms with Gasteiger partial charge in [0.05, 0.1) is 30.5 Å². The van der Waals surface area contributed by atoms with Crippen LogP contribution < -0.4 is 15.5 Å². The van der Waals surface area contributed by atoms with Gasteiger partial charge in [0.25, 0.3) is 5.92 Å². The monoisotopic (exact) mass is 361 g/mol. The molecule has 1 saturated heterocycles. The lowest BCUT2D eigenvalue weighted by Crippen LogP contribution is -2.56. The lowest BCUT2D eigenvalue weighted by atomic mass is 10.1. The van der Waals surface area contributed by atoms with Crippen LogP contribution in [0.1, 0.15) is 0 Å². The quantitative estimate of drug-likeness (QED) is 0.664. The molecule has 1 aromatic carbocycles. The highest BCUT2D eigenvalue weighted by atomic mass is 19.3. The third-order valence-corrected chi connectivity index (χ3v) is 4.09. The minimum absolute atomic E-state index is 0.283. The molecule has 3 N–H and O–H groups in total. The van der Waals surface area contributed by atoms with E-state index in [2.05, 4.69) is 20.6 Å². The molecule has 0 bridgehead atoms. The number of aromatic amines is 1. The summed E-state index contributed by atoms with van der Waals surface area (Å²) >= 11 is 0. The van der Waals surface area contributed by atoms with E-state index in [0.717, 1.165) is 0 Å². The highest BCUT2D eigenvalue weighted by molar-refractivity contribution is 6.00. The van der Waals surface area contributed by atoms with Gasteiger partial charge in [-0.1, -0.05) is 0 Å². The van der Waals surface area contributed by atoms with Gasteiger partial charge in [-0.2, -0.15) is 0 Å². The van der Waals surface area contributed by atoms with Crippen LogP contribution in [-0.2, 0) is 0 Å². The van der Waals surface area contributed by atoms with Gasteiger partial charge in [0, 0.05) is 17.3 Å². The number of nitrogens with zero attached hydrogens (tertiary/aromatic N) is 2. The molecule has 0 radical (unpaired) electrons. The first-order valence-corrected chi connectivity index (χ1v) is 7.83. The fourth-order valence-corrected chi connectivity index (χ4v) is 2.79. The molecule has 2 amide bonds. The van der Waals surface area contributed by atoms with Crippen LogP contribution in [0.25, 0.3) is 10.9 Å². The maximum atomic E-state index is 13.4. The van der Waals surface area contributed by atoms with Crippen LogP contribution in [0, 0.1) is 5.82 Å². The summed E-state index contributed by atoms with van der Waals surface area (Å²) in [6.45, 7) is -0.659. The number of hydrogen-bond acceptors (Lipinski definition) is 3. The Bertz CT molecular complexity index is 962. The van der Waals surface area contributed by atoms with Crippen molar-refractivity contribution in [1.82, 2.24) is 9.97 Å². The molecule has 2 aromatic heterocycles. The number of urea groups is 1. The van der Waals surface area contributed by atoms with Crippen molar-refractivity contribution in [3.8, 4) is 0 Å². The van der Waals surface area contributed by atoms with E-state index in [0.29, 0.717) is 22.3 Å². The Kier molecular flexibility index (Phi) is 3.71. The Morgan fingerprint density at radius 1 is 1.19 bits per heavy atom. The van der Waals surface area contributed by atoms with E-state index in [1.54, 1.807) is 24.3 Å². The van der Waals surface area contributed by atoms with Gasteiger partial charge in [-0.05, 0) is 30.3 Å². The third kappa shape index (κ3) is 3.15. The number of carbonyl (C=O) groups is 1. The summed E-state index contributed by atoms with van der Waals surface area (Å²) in [6, 6.07) is 7.39. The standard InChI is InChI=1S/C17H14F3N5O/c18-13-7-21-14-5-10(1-3-12(13)14)23-16(26)24-15-4-2-11(6-22-15)25-8-17(19,20)9-25/h1-7,21H,8-9H2,(H2,22,23,24,26). The normalized spacial score (nSPS) is 15.6. The van der Waals surface area contributed by atoms with Crippen molar-refractivity contribution in [1.29, 1.82) is 0 Å². The van der Waals surface area contributed by atoms with Gasteiger partial charge in [-0.3, -0.25) is 5.32 Å². The molecule has 134 valence electrons. The van der Waals surface area contributed by atoms with Crippen molar-refractivity contribution >= 4 is 34.1 Å². The lowest BCUT2D eigenvalue weighted by molar-refractivity contribution is -0.0262. The molecule has 0 aliphatic carbocycles. The number of nitrogens with one attached hydrogen (secondary N) is 3. The number of aromatic nitrogens is 2. The molecule has 3 aromatic rings. The molecule has 0 atom stereocenters. The predicted molar refractivity (Wildman–Crippen MR) is 92.3 cm³/mol. The lowest BCUT2D eigenvalue weighted by Gasteiger charge is -2.40. The average molecular weight is 361 g/mol. The van der Waals surface area contributed by atoms with Gasteiger partial charge in [0.2, 0.25) is 0 Å². The van der Waals surface area contributed by atoms with Gasteiger partial charge < -0.3 is 15.2 Å². The van der Waals surface area contributed by atoms with E-state index in [1.807, 2.05) is 0 Å². The van der Waals surface area contributed by atoms with Crippen molar-refractivity contribution in [2.24, 2.45) is 0 Å². The zero-order valence-electron chi connectivity index (χ0n) is 13.4. The van der Waals surface area contributed by atoms with Gasteiger partial charge in [-0.15, -0.1) is 0 Å². The highest BCUT2D eigenvalue weighted by Crippen LogP contribution is 2.31. The smallest absolute Gasteiger partial charge is 0.324 e. The van der Waals surface area contributed by atoms with Gasteiger partial charge in [0.15, 0.2) is 0 Å². The predicted octanol–water partition coefficient (Wildman–Crippen LogP) is 3.80. The number of hydrogen-bond donors (Lipinski definition) is 3. The first kappa shape index (κ1) is 16.2. The number of H-pyrrole nitrogens is 1. The number of rotatable bonds is 3. The molecule has 1 fully saturated rings. The van der Waals surface area contributed by atoms with Crippen molar-refractivity contribution in [3.63, 3.8) is 0 Å². The maximum Gasteiger partial charge on any atom is 0.324 e. The number of alkyl halides is 2. The van der Waals surface area contributed by atoms with Gasteiger partial charge >= 0.3 is 6.03 Å². The summed E-state index contributed by atoms with van der Waals surface area (Å²) in [5.41, 5.74) is 1.62. The van der Waals surface area contributed by atoms with Crippen LogP contribution in [0.4, 0.5) is 35.2 Å². The second-order valence-corrected chi connectivity index (χ2v) is 6.09. The first-order chi connectivity index (χ1) is 12.4. The van der Waals surface area contributed by atoms with E-state index in [1.165, 1.54) is 23.4 Å². The van der Waals surface area contributed by atoms with Crippen molar-refractivity contribution in [3.05, 3.63) is 48.5 Å². The molecule has 3 heterocycles. The molecule has 4 rings (SSSR count).